The van der Waals surface area contributed by atoms with Gasteiger partial charge < -0.3 is 4.90 Å². The Hall–Kier alpha value is -0.460. The van der Waals surface area contributed by atoms with E-state index >= 15 is 0 Å². The van der Waals surface area contributed by atoms with Crippen LogP contribution in [-0.2, 0) is 4.79 Å². The summed E-state index contributed by atoms with van der Waals surface area (Å²) in [4.78, 5) is 16.5. The number of hydrogen-bond acceptors (Lipinski definition) is 3. The average molecular weight is 310 g/mol. The zero-order valence-corrected chi connectivity index (χ0v) is 12.5. The lowest BCUT2D eigenvalue weighted by Crippen LogP contribution is -2.47. The number of rotatable bonds is 1. The molecule has 0 spiro atoms. The summed E-state index contributed by atoms with van der Waals surface area (Å²) < 4.78 is 26.3. The highest BCUT2D eigenvalue weighted by atomic mass is 35.5. The van der Waals surface area contributed by atoms with Crippen LogP contribution in [0, 0.1) is 0 Å². The summed E-state index contributed by atoms with van der Waals surface area (Å²) in [5.41, 5.74) is 0. The quantitative estimate of drug-likeness (QED) is 0.788. The first-order valence-corrected chi connectivity index (χ1v) is 7.08. The van der Waals surface area contributed by atoms with Crippen LogP contribution in [-0.4, -0.2) is 66.4 Å². The van der Waals surface area contributed by atoms with E-state index in [1.165, 1.54) is 6.42 Å². The molecule has 0 aromatic heterocycles. The summed E-state index contributed by atoms with van der Waals surface area (Å²) in [5.74, 6) is -2.87. The normalized spacial score (nSPS) is 36.5. The van der Waals surface area contributed by atoms with Crippen LogP contribution in [0.15, 0.2) is 0 Å². The van der Waals surface area contributed by atoms with Crippen molar-refractivity contribution in [3.63, 3.8) is 0 Å². The first kappa shape index (κ1) is 15.9. The molecule has 3 heterocycles. The Labute approximate surface area is 124 Å². The highest BCUT2D eigenvalue weighted by Gasteiger charge is 2.45. The second-order valence-electron chi connectivity index (χ2n) is 6.12. The molecule has 2 bridgehead atoms. The third-order valence-electron chi connectivity index (χ3n) is 4.87. The third-order valence-corrected chi connectivity index (χ3v) is 4.87. The maximum atomic E-state index is 13.2. The number of likely N-dealkylation sites (tertiary alicyclic amines) is 1. The van der Waals surface area contributed by atoms with Gasteiger partial charge in [0.15, 0.2) is 0 Å². The van der Waals surface area contributed by atoms with E-state index in [0.29, 0.717) is 25.2 Å². The molecule has 3 unspecified atom stereocenters. The molecule has 1 amide bonds. The van der Waals surface area contributed by atoms with Gasteiger partial charge in [0.25, 0.3) is 5.92 Å². The van der Waals surface area contributed by atoms with Gasteiger partial charge in [-0.15, -0.1) is 12.4 Å². The summed E-state index contributed by atoms with van der Waals surface area (Å²) in [6.07, 6.45) is 2.91. The number of amides is 1. The minimum Gasteiger partial charge on any atom is -0.340 e. The number of likely N-dealkylation sites (N-methyl/N-ethyl adjacent to an activating group) is 1. The minimum absolute atomic E-state index is 0. The lowest BCUT2D eigenvalue weighted by molar-refractivity contribution is -0.134. The van der Waals surface area contributed by atoms with E-state index in [1.807, 2.05) is 0 Å². The van der Waals surface area contributed by atoms with Crippen molar-refractivity contribution < 1.29 is 13.6 Å². The Morgan fingerprint density at radius 3 is 2.60 bits per heavy atom. The fourth-order valence-corrected chi connectivity index (χ4v) is 3.62. The summed E-state index contributed by atoms with van der Waals surface area (Å²) in [5, 5.41) is 2.66. The molecule has 3 rings (SSSR count). The molecular weight excluding hydrogens is 288 g/mol. The standard InChI is InChI=1S/C13H21F2N3O.ClH/c1-17-9-2-3-10(17)7-18(5-4-9)12(19)11-6-13(14,15)8-16-11;/h9-11,16H,2-8H2,1H3;1H. The van der Waals surface area contributed by atoms with Gasteiger partial charge in [-0.25, -0.2) is 8.78 Å². The van der Waals surface area contributed by atoms with Crippen molar-refractivity contribution in [2.45, 2.75) is 49.7 Å². The highest BCUT2D eigenvalue weighted by molar-refractivity contribution is 5.85. The largest absolute Gasteiger partial charge is 0.340 e. The fourth-order valence-electron chi connectivity index (χ4n) is 3.62. The highest BCUT2D eigenvalue weighted by Crippen LogP contribution is 2.30. The van der Waals surface area contributed by atoms with Gasteiger partial charge in [0, 0.05) is 31.6 Å². The van der Waals surface area contributed by atoms with Crippen LogP contribution < -0.4 is 5.32 Å². The van der Waals surface area contributed by atoms with E-state index in [4.69, 9.17) is 0 Å². The van der Waals surface area contributed by atoms with Crippen molar-refractivity contribution in [1.29, 1.82) is 0 Å². The molecular formula is C13H22ClF2N3O. The molecule has 0 aromatic rings. The molecule has 7 heteroatoms. The molecule has 3 fully saturated rings. The molecule has 0 aliphatic carbocycles. The molecule has 20 heavy (non-hydrogen) atoms. The predicted molar refractivity (Wildman–Crippen MR) is 74.4 cm³/mol. The maximum Gasteiger partial charge on any atom is 0.262 e. The van der Waals surface area contributed by atoms with Crippen molar-refractivity contribution in [2.75, 3.05) is 26.7 Å². The number of fused-ring (bicyclic) bond motifs is 2. The summed E-state index contributed by atoms with van der Waals surface area (Å²) in [6, 6.07) is 0.260. The molecule has 0 aromatic carbocycles. The first-order valence-electron chi connectivity index (χ1n) is 7.08. The lowest BCUT2D eigenvalue weighted by Gasteiger charge is -2.28. The summed E-state index contributed by atoms with van der Waals surface area (Å²) >= 11 is 0. The van der Waals surface area contributed by atoms with E-state index in [9.17, 15) is 13.6 Å². The Balaban J connectivity index is 0.00000147. The van der Waals surface area contributed by atoms with Crippen LogP contribution >= 0.6 is 12.4 Å². The number of nitrogens with one attached hydrogen (secondary N) is 1. The summed E-state index contributed by atoms with van der Waals surface area (Å²) in [7, 11) is 2.11. The molecule has 0 saturated carbocycles. The Kier molecular flexibility index (Phi) is 4.56. The van der Waals surface area contributed by atoms with Crippen LogP contribution in [0.4, 0.5) is 8.78 Å². The van der Waals surface area contributed by atoms with Gasteiger partial charge in [-0.2, -0.15) is 0 Å². The van der Waals surface area contributed by atoms with Crippen LogP contribution in [0.1, 0.15) is 25.7 Å². The van der Waals surface area contributed by atoms with Gasteiger partial charge in [0.1, 0.15) is 0 Å². The smallest absolute Gasteiger partial charge is 0.262 e. The second-order valence-corrected chi connectivity index (χ2v) is 6.12. The van der Waals surface area contributed by atoms with Crippen molar-refractivity contribution in [1.82, 2.24) is 15.1 Å². The van der Waals surface area contributed by atoms with Crippen molar-refractivity contribution >= 4 is 18.3 Å². The molecule has 3 aliphatic rings. The molecule has 0 radical (unpaired) electrons. The Bertz CT molecular complexity index is 383. The van der Waals surface area contributed by atoms with Crippen LogP contribution in [0.2, 0.25) is 0 Å². The maximum absolute atomic E-state index is 13.2. The van der Waals surface area contributed by atoms with Crippen molar-refractivity contribution in [3.05, 3.63) is 0 Å². The number of nitrogens with zero attached hydrogens (tertiary/aromatic N) is 2. The number of carbonyl (C=O) groups is 1. The van der Waals surface area contributed by atoms with Crippen LogP contribution in [0.5, 0.6) is 0 Å². The van der Waals surface area contributed by atoms with Crippen molar-refractivity contribution in [2.24, 2.45) is 0 Å². The Morgan fingerprint density at radius 1 is 1.25 bits per heavy atom. The van der Waals surface area contributed by atoms with Crippen LogP contribution in [0.25, 0.3) is 0 Å². The van der Waals surface area contributed by atoms with E-state index in [-0.39, 0.29) is 31.3 Å². The topological polar surface area (TPSA) is 35.6 Å². The van der Waals surface area contributed by atoms with Crippen molar-refractivity contribution in [3.8, 4) is 0 Å². The zero-order valence-electron chi connectivity index (χ0n) is 11.6. The predicted octanol–water partition coefficient (Wildman–Crippen LogP) is 1.10. The van der Waals surface area contributed by atoms with E-state index in [1.54, 1.807) is 4.90 Å². The summed E-state index contributed by atoms with van der Waals surface area (Å²) in [6.45, 7) is 1.02. The van der Waals surface area contributed by atoms with Gasteiger partial charge in [0.05, 0.1) is 12.6 Å². The van der Waals surface area contributed by atoms with E-state index < -0.39 is 12.0 Å². The number of halogens is 3. The monoisotopic (exact) mass is 309 g/mol. The van der Waals surface area contributed by atoms with E-state index in [2.05, 4.69) is 17.3 Å². The molecule has 1 N–H and O–H groups in total. The first-order chi connectivity index (χ1) is 8.96. The number of carbonyl (C=O) groups excluding carboxylic acids is 1. The molecule has 4 nitrogen and oxygen atoms in total. The van der Waals surface area contributed by atoms with Gasteiger partial charge in [0.2, 0.25) is 5.91 Å². The van der Waals surface area contributed by atoms with E-state index in [0.717, 1.165) is 12.8 Å². The van der Waals surface area contributed by atoms with Gasteiger partial charge >= 0.3 is 0 Å². The Morgan fingerprint density at radius 2 is 1.95 bits per heavy atom. The average Bonchev–Trinajstić information content (AvgIpc) is 2.79. The number of hydrogen-bond donors (Lipinski definition) is 1. The van der Waals surface area contributed by atoms with Gasteiger partial charge in [-0.1, -0.05) is 0 Å². The minimum atomic E-state index is -2.73. The third kappa shape index (κ3) is 2.92. The zero-order chi connectivity index (χ0) is 13.6. The van der Waals surface area contributed by atoms with Gasteiger partial charge in [-0.3, -0.25) is 15.0 Å². The lowest BCUT2D eigenvalue weighted by atomic mass is 10.1. The molecule has 3 aliphatic heterocycles. The van der Waals surface area contributed by atoms with Gasteiger partial charge in [-0.05, 0) is 26.3 Å². The second kappa shape index (κ2) is 5.73. The molecule has 3 saturated heterocycles. The van der Waals surface area contributed by atoms with Crippen LogP contribution in [0.3, 0.4) is 0 Å². The SMILES string of the molecule is CN1C2CCC1CN(C(=O)C1CC(F)(F)CN1)CC2.Cl. The number of alkyl halides is 2. The molecule has 3 atom stereocenters. The molecule has 116 valence electrons. The fraction of sp³-hybridized carbons (Fsp3) is 0.923.